The highest BCUT2D eigenvalue weighted by Crippen LogP contribution is 2.20. The Morgan fingerprint density at radius 1 is 1.85 bits per heavy atom. The quantitative estimate of drug-likeness (QED) is 0.342. The molecule has 5 nitrogen and oxygen atoms in total. The van der Waals surface area contributed by atoms with Crippen molar-refractivity contribution in [1.29, 1.82) is 0 Å². The molecule has 3 unspecified atom stereocenters. The first-order valence-electron chi connectivity index (χ1n) is 3.84. The van der Waals surface area contributed by atoms with E-state index in [-0.39, 0.29) is 5.91 Å². The second-order valence-corrected chi connectivity index (χ2v) is 2.79. The molecule has 1 amide bonds. The lowest BCUT2D eigenvalue weighted by atomic mass is 9.92. The lowest BCUT2D eigenvalue weighted by Gasteiger charge is -2.37. The van der Waals surface area contributed by atoms with E-state index in [9.17, 15) is 14.7 Å². The largest absolute Gasteiger partial charge is 0.441 e. The van der Waals surface area contributed by atoms with Gasteiger partial charge < -0.3 is 15.2 Å². The van der Waals surface area contributed by atoms with Gasteiger partial charge in [-0.15, -0.1) is 6.58 Å². The molecule has 1 rings (SSSR count). The van der Waals surface area contributed by atoms with Crippen molar-refractivity contribution < 1.29 is 19.4 Å². The van der Waals surface area contributed by atoms with Gasteiger partial charge in [0.1, 0.15) is 5.92 Å². The normalized spacial score (nSPS) is 28.3. The van der Waals surface area contributed by atoms with Crippen LogP contribution >= 0.6 is 0 Å². The Morgan fingerprint density at radius 2 is 2.46 bits per heavy atom. The summed E-state index contributed by atoms with van der Waals surface area (Å²) in [7, 11) is 0. The minimum absolute atomic E-state index is 0.335. The average Bonchev–Trinajstić information content (AvgIpc) is 2.02. The highest BCUT2D eigenvalue weighted by molar-refractivity contribution is 5.87. The Labute approximate surface area is 75.4 Å². The van der Waals surface area contributed by atoms with Gasteiger partial charge in [-0.2, -0.15) is 0 Å². The molecule has 0 aromatic carbocycles. The van der Waals surface area contributed by atoms with Gasteiger partial charge in [0.05, 0.1) is 6.10 Å². The van der Waals surface area contributed by atoms with Gasteiger partial charge in [0.15, 0.2) is 6.23 Å². The predicted molar refractivity (Wildman–Crippen MR) is 43.4 cm³/mol. The zero-order valence-electron chi connectivity index (χ0n) is 7.19. The van der Waals surface area contributed by atoms with Gasteiger partial charge in [-0.1, -0.05) is 6.08 Å². The molecule has 5 heteroatoms. The fraction of sp³-hybridized carbons (Fsp3) is 0.500. The monoisotopic (exact) mass is 185 g/mol. The third kappa shape index (κ3) is 1.86. The fourth-order valence-electron chi connectivity index (χ4n) is 1.13. The van der Waals surface area contributed by atoms with Crippen LogP contribution in [0.1, 0.15) is 6.92 Å². The highest BCUT2D eigenvalue weighted by Gasteiger charge is 2.45. The van der Waals surface area contributed by atoms with E-state index in [4.69, 9.17) is 4.74 Å². The van der Waals surface area contributed by atoms with Gasteiger partial charge >= 0.3 is 5.97 Å². The van der Waals surface area contributed by atoms with Crippen molar-refractivity contribution >= 4 is 11.9 Å². The van der Waals surface area contributed by atoms with Crippen molar-refractivity contribution in [3.8, 4) is 0 Å². The van der Waals surface area contributed by atoms with Crippen LogP contribution in [0.4, 0.5) is 0 Å². The number of hydrogen-bond acceptors (Lipinski definition) is 4. The maximum absolute atomic E-state index is 10.9. The van der Waals surface area contributed by atoms with Gasteiger partial charge in [0.25, 0.3) is 0 Å². The zero-order chi connectivity index (χ0) is 10.0. The summed E-state index contributed by atoms with van der Waals surface area (Å²) in [5.74, 6) is -1.55. The SMILES string of the molecule is C=CC(O)C1C(=O)NC1OC(C)=O. The minimum Gasteiger partial charge on any atom is -0.441 e. The summed E-state index contributed by atoms with van der Waals surface area (Å²) in [6.07, 6.45) is -0.462. The van der Waals surface area contributed by atoms with E-state index < -0.39 is 24.2 Å². The molecule has 72 valence electrons. The third-order valence-corrected chi connectivity index (χ3v) is 1.82. The number of hydrogen-bond donors (Lipinski definition) is 2. The van der Waals surface area contributed by atoms with Crippen LogP contribution in [0.3, 0.4) is 0 Å². The van der Waals surface area contributed by atoms with Gasteiger partial charge in [-0.3, -0.25) is 9.59 Å². The number of nitrogens with one attached hydrogen (secondary N) is 1. The van der Waals surface area contributed by atoms with Gasteiger partial charge in [-0.25, -0.2) is 0 Å². The van der Waals surface area contributed by atoms with Crippen LogP contribution in [-0.4, -0.2) is 29.3 Å². The molecular weight excluding hydrogens is 174 g/mol. The predicted octanol–water partition coefficient (Wildman–Crippen LogP) is -0.832. The molecule has 0 saturated carbocycles. The van der Waals surface area contributed by atoms with Crippen molar-refractivity contribution in [3.63, 3.8) is 0 Å². The topological polar surface area (TPSA) is 75.6 Å². The number of amides is 1. The number of carbonyl (C=O) groups excluding carboxylic acids is 2. The molecular formula is C8H11NO4. The third-order valence-electron chi connectivity index (χ3n) is 1.82. The molecule has 2 N–H and O–H groups in total. The summed E-state index contributed by atoms with van der Waals surface area (Å²) < 4.78 is 4.71. The van der Waals surface area contributed by atoms with Gasteiger partial charge in [0, 0.05) is 6.92 Å². The maximum atomic E-state index is 10.9. The maximum Gasteiger partial charge on any atom is 0.304 e. The number of ether oxygens (including phenoxy) is 1. The molecule has 0 aromatic rings. The van der Waals surface area contributed by atoms with Crippen molar-refractivity contribution in [2.75, 3.05) is 0 Å². The van der Waals surface area contributed by atoms with Crippen LogP contribution in [0.15, 0.2) is 12.7 Å². The summed E-state index contributed by atoms with van der Waals surface area (Å²) in [5, 5.41) is 11.6. The Hall–Kier alpha value is -1.36. The molecule has 0 bridgehead atoms. The number of β-lactam (4-membered cyclic amide) rings is 1. The van der Waals surface area contributed by atoms with Gasteiger partial charge in [-0.05, 0) is 0 Å². The number of esters is 1. The first-order valence-corrected chi connectivity index (χ1v) is 3.84. The Morgan fingerprint density at radius 3 is 2.85 bits per heavy atom. The van der Waals surface area contributed by atoms with Crippen LogP contribution in [0.2, 0.25) is 0 Å². The van der Waals surface area contributed by atoms with E-state index in [0.29, 0.717) is 0 Å². The first kappa shape index (κ1) is 9.73. The smallest absolute Gasteiger partial charge is 0.304 e. The van der Waals surface area contributed by atoms with Gasteiger partial charge in [0.2, 0.25) is 5.91 Å². The van der Waals surface area contributed by atoms with E-state index in [1.54, 1.807) is 0 Å². The van der Waals surface area contributed by atoms with Crippen LogP contribution < -0.4 is 5.32 Å². The Kier molecular flexibility index (Phi) is 2.67. The summed E-state index contributed by atoms with van der Waals surface area (Å²) in [4.78, 5) is 21.4. The summed E-state index contributed by atoms with van der Waals surface area (Å²) in [5.41, 5.74) is 0. The summed E-state index contributed by atoms with van der Waals surface area (Å²) >= 11 is 0. The average molecular weight is 185 g/mol. The van der Waals surface area contributed by atoms with E-state index in [1.165, 1.54) is 13.0 Å². The second-order valence-electron chi connectivity index (χ2n) is 2.79. The second kappa shape index (κ2) is 3.57. The molecule has 1 saturated heterocycles. The van der Waals surface area contributed by atoms with E-state index in [2.05, 4.69) is 11.9 Å². The molecule has 1 aliphatic heterocycles. The van der Waals surface area contributed by atoms with Crippen molar-refractivity contribution in [2.24, 2.45) is 5.92 Å². The molecule has 3 atom stereocenters. The van der Waals surface area contributed by atoms with Crippen LogP contribution in [0.25, 0.3) is 0 Å². The number of aliphatic hydroxyl groups is 1. The molecule has 0 aromatic heterocycles. The number of rotatable bonds is 3. The van der Waals surface area contributed by atoms with E-state index in [0.717, 1.165) is 0 Å². The Balaban J connectivity index is 2.55. The van der Waals surface area contributed by atoms with Crippen molar-refractivity contribution in [2.45, 2.75) is 19.3 Å². The summed E-state index contributed by atoms with van der Waals surface area (Å²) in [6, 6.07) is 0. The summed E-state index contributed by atoms with van der Waals surface area (Å²) in [6.45, 7) is 4.58. The number of aliphatic hydroxyl groups excluding tert-OH is 1. The van der Waals surface area contributed by atoms with E-state index >= 15 is 0 Å². The van der Waals surface area contributed by atoms with Crippen molar-refractivity contribution in [1.82, 2.24) is 5.32 Å². The molecule has 0 radical (unpaired) electrons. The van der Waals surface area contributed by atoms with Crippen LogP contribution in [0, 0.1) is 5.92 Å². The zero-order valence-corrected chi connectivity index (χ0v) is 7.19. The minimum atomic E-state index is -0.974. The lowest BCUT2D eigenvalue weighted by molar-refractivity contribution is -0.172. The highest BCUT2D eigenvalue weighted by atomic mass is 16.6. The molecule has 13 heavy (non-hydrogen) atoms. The Bertz CT molecular complexity index is 251. The molecule has 1 heterocycles. The molecule has 1 fully saturated rings. The van der Waals surface area contributed by atoms with Crippen LogP contribution in [-0.2, 0) is 14.3 Å². The number of carbonyl (C=O) groups is 2. The van der Waals surface area contributed by atoms with Crippen LogP contribution in [0.5, 0.6) is 0 Å². The molecule has 0 aliphatic carbocycles. The lowest BCUT2D eigenvalue weighted by Crippen LogP contribution is -2.63. The fourth-order valence-corrected chi connectivity index (χ4v) is 1.13. The molecule has 1 aliphatic rings. The first-order chi connectivity index (χ1) is 6.06. The molecule has 0 spiro atoms. The van der Waals surface area contributed by atoms with Crippen molar-refractivity contribution in [3.05, 3.63) is 12.7 Å². The van der Waals surface area contributed by atoms with E-state index in [1.807, 2.05) is 0 Å². The standard InChI is InChI=1S/C8H11NO4/c1-3-5(11)6-7(12)9-8(6)13-4(2)10/h3,5-6,8,11H,1H2,2H3,(H,9,12).